The number of aromatic nitrogens is 1. The van der Waals surface area contributed by atoms with Gasteiger partial charge in [-0.3, -0.25) is 14.6 Å². The van der Waals surface area contributed by atoms with Crippen LogP contribution in [-0.4, -0.2) is 33.6 Å². The van der Waals surface area contributed by atoms with Crippen LogP contribution >= 0.6 is 0 Å². The number of rotatable bonds is 6. The first-order valence-corrected chi connectivity index (χ1v) is 12.8. The lowest BCUT2D eigenvalue weighted by atomic mass is 9.85. The van der Waals surface area contributed by atoms with Crippen LogP contribution < -0.4 is 10.6 Å². The molecular weight excluding hydrogens is 481 g/mol. The van der Waals surface area contributed by atoms with Crippen molar-refractivity contribution >= 4 is 22.7 Å². The van der Waals surface area contributed by atoms with Crippen LogP contribution in [0.5, 0.6) is 5.75 Å². The number of hydrogen-bond acceptors (Lipinski definition) is 4. The molecule has 2 amide bonds. The Bertz CT molecular complexity index is 1470. The maximum absolute atomic E-state index is 14.0. The van der Waals surface area contributed by atoms with Gasteiger partial charge in [-0.15, -0.1) is 0 Å². The Kier molecular flexibility index (Phi) is 7.09. The highest BCUT2D eigenvalue weighted by Crippen LogP contribution is 2.32. The van der Waals surface area contributed by atoms with Crippen molar-refractivity contribution in [3.05, 3.63) is 95.7 Å². The first kappa shape index (κ1) is 25.4. The van der Waals surface area contributed by atoms with E-state index in [9.17, 15) is 19.1 Å². The smallest absolute Gasteiger partial charge is 0.251 e. The molecule has 0 aliphatic heterocycles. The molecule has 5 rings (SSSR count). The summed E-state index contributed by atoms with van der Waals surface area (Å²) in [5.41, 5.74) is 2.90. The maximum atomic E-state index is 14.0. The van der Waals surface area contributed by atoms with Crippen LogP contribution in [0.4, 0.5) is 4.39 Å². The van der Waals surface area contributed by atoms with E-state index in [0.717, 1.165) is 22.1 Å². The highest BCUT2D eigenvalue weighted by Gasteiger charge is 2.31. The standard InChI is InChI=1S/C31H30FN3O3/c1-31(32)13-11-26(12-14-31)35-30(38)21-9-7-20(8-10-21)19-34-29(37)24-5-2-4-22(16-24)25-17-23-6-3-15-33-28(23)27(36)18-25/h2-10,15-18,26,36H,11-14,19H2,1H3,(H,34,37)(H,35,38). The van der Waals surface area contributed by atoms with Crippen molar-refractivity contribution in [2.45, 2.75) is 50.9 Å². The number of pyridine rings is 1. The molecule has 0 unspecified atom stereocenters. The summed E-state index contributed by atoms with van der Waals surface area (Å²) >= 11 is 0. The van der Waals surface area contributed by atoms with E-state index in [1.54, 1.807) is 43.5 Å². The molecule has 1 fully saturated rings. The van der Waals surface area contributed by atoms with Crippen LogP contribution in [0.3, 0.4) is 0 Å². The Hall–Kier alpha value is -4.26. The number of hydrogen-bond donors (Lipinski definition) is 3. The van der Waals surface area contributed by atoms with Crippen molar-refractivity contribution in [2.75, 3.05) is 0 Å². The number of carbonyl (C=O) groups is 2. The second kappa shape index (κ2) is 10.6. The van der Waals surface area contributed by atoms with E-state index in [1.165, 1.54) is 0 Å². The van der Waals surface area contributed by atoms with Gasteiger partial charge in [-0.2, -0.15) is 0 Å². The molecule has 7 heteroatoms. The third kappa shape index (κ3) is 5.83. The fraction of sp³-hybridized carbons (Fsp3) is 0.258. The summed E-state index contributed by atoms with van der Waals surface area (Å²) in [5, 5.41) is 17.1. The molecule has 38 heavy (non-hydrogen) atoms. The van der Waals surface area contributed by atoms with Crippen molar-refractivity contribution in [1.29, 1.82) is 0 Å². The molecule has 1 saturated carbocycles. The van der Waals surface area contributed by atoms with Crippen LogP contribution in [0.1, 0.15) is 58.9 Å². The molecule has 3 N–H and O–H groups in total. The number of amides is 2. The third-order valence-electron chi connectivity index (χ3n) is 7.18. The van der Waals surface area contributed by atoms with Gasteiger partial charge in [0.05, 0.1) is 0 Å². The number of phenols is 1. The van der Waals surface area contributed by atoms with Crippen LogP contribution in [0, 0.1) is 0 Å². The van der Waals surface area contributed by atoms with Gasteiger partial charge in [0.25, 0.3) is 11.8 Å². The van der Waals surface area contributed by atoms with E-state index in [-0.39, 0.29) is 23.6 Å². The average Bonchev–Trinajstić information content (AvgIpc) is 2.93. The largest absolute Gasteiger partial charge is 0.506 e. The van der Waals surface area contributed by atoms with E-state index in [0.29, 0.717) is 48.9 Å². The van der Waals surface area contributed by atoms with Crippen molar-refractivity contribution in [3.8, 4) is 16.9 Å². The van der Waals surface area contributed by atoms with E-state index in [4.69, 9.17) is 0 Å². The fourth-order valence-electron chi connectivity index (χ4n) is 4.87. The van der Waals surface area contributed by atoms with Gasteiger partial charge in [0, 0.05) is 35.3 Å². The Labute approximate surface area is 220 Å². The van der Waals surface area contributed by atoms with Gasteiger partial charge in [-0.1, -0.05) is 30.3 Å². The molecule has 1 aliphatic rings. The first-order chi connectivity index (χ1) is 18.3. The SMILES string of the molecule is CC1(F)CCC(NC(=O)c2ccc(CNC(=O)c3cccc(-c4cc(O)c5ncccc5c4)c3)cc2)CC1. The fourth-order valence-corrected chi connectivity index (χ4v) is 4.87. The Morgan fingerprint density at radius 1 is 0.947 bits per heavy atom. The second-order valence-corrected chi connectivity index (χ2v) is 10.2. The van der Waals surface area contributed by atoms with Crippen LogP contribution in [-0.2, 0) is 6.54 Å². The number of aromatic hydroxyl groups is 1. The number of nitrogens with one attached hydrogen (secondary N) is 2. The van der Waals surface area contributed by atoms with E-state index >= 15 is 0 Å². The predicted octanol–water partition coefficient (Wildman–Crippen LogP) is 5.94. The summed E-state index contributed by atoms with van der Waals surface area (Å²) in [4.78, 5) is 29.7. The second-order valence-electron chi connectivity index (χ2n) is 10.2. The van der Waals surface area contributed by atoms with Crippen molar-refractivity contribution < 1.29 is 19.1 Å². The van der Waals surface area contributed by atoms with E-state index in [1.807, 2.05) is 42.5 Å². The molecule has 0 saturated heterocycles. The van der Waals surface area contributed by atoms with Crippen LogP contribution in [0.15, 0.2) is 79.0 Å². The van der Waals surface area contributed by atoms with Crippen LogP contribution in [0.25, 0.3) is 22.0 Å². The van der Waals surface area contributed by atoms with Gasteiger partial charge in [-0.25, -0.2) is 4.39 Å². The number of carbonyl (C=O) groups excluding carboxylic acids is 2. The third-order valence-corrected chi connectivity index (χ3v) is 7.18. The highest BCUT2D eigenvalue weighted by atomic mass is 19.1. The number of halogens is 1. The lowest BCUT2D eigenvalue weighted by molar-refractivity contribution is 0.0849. The highest BCUT2D eigenvalue weighted by molar-refractivity contribution is 5.96. The quantitative estimate of drug-likeness (QED) is 0.299. The molecule has 0 bridgehead atoms. The molecule has 1 aromatic heterocycles. The van der Waals surface area contributed by atoms with Gasteiger partial charge >= 0.3 is 0 Å². The van der Waals surface area contributed by atoms with Crippen molar-refractivity contribution in [1.82, 2.24) is 15.6 Å². The molecule has 194 valence electrons. The molecule has 6 nitrogen and oxygen atoms in total. The number of fused-ring (bicyclic) bond motifs is 1. The maximum Gasteiger partial charge on any atom is 0.251 e. The Balaban J connectivity index is 1.19. The normalized spacial score (nSPS) is 19.2. The van der Waals surface area contributed by atoms with E-state index < -0.39 is 5.67 Å². The van der Waals surface area contributed by atoms with Crippen molar-refractivity contribution in [2.24, 2.45) is 0 Å². The molecule has 1 aliphatic carbocycles. The molecule has 4 aromatic rings. The summed E-state index contributed by atoms with van der Waals surface area (Å²) < 4.78 is 14.0. The summed E-state index contributed by atoms with van der Waals surface area (Å²) in [5.74, 6) is -0.301. The Morgan fingerprint density at radius 3 is 2.47 bits per heavy atom. The predicted molar refractivity (Wildman–Crippen MR) is 146 cm³/mol. The van der Waals surface area contributed by atoms with E-state index in [2.05, 4.69) is 15.6 Å². The molecule has 0 spiro atoms. The first-order valence-electron chi connectivity index (χ1n) is 12.8. The summed E-state index contributed by atoms with van der Waals surface area (Å²) in [7, 11) is 0. The van der Waals surface area contributed by atoms with Gasteiger partial charge < -0.3 is 15.7 Å². The summed E-state index contributed by atoms with van der Waals surface area (Å²) in [6, 6.07) is 21.6. The van der Waals surface area contributed by atoms with Gasteiger partial charge in [0.2, 0.25) is 0 Å². The van der Waals surface area contributed by atoms with Gasteiger partial charge in [0.15, 0.2) is 0 Å². The summed E-state index contributed by atoms with van der Waals surface area (Å²) in [6.07, 6.45) is 3.84. The minimum absolute atomic E-state index is 0.00343. The summed E-state index contributed by atoms with van der Waals surface area (Å²) in [6.45, 7) is 1.93. The lowest BCUT2D eigenvalue weighted by Gasteiger charge is -2.31. The van der Waals surface area contributed by atoms with Gasteiger partial charge in [-0.05, 0) is 91.8 Å². The zero-order chi connectivity index (χ0) is 26.7. The number of alkyl halides is 1. The monoisotopic (exact) mass is 511 g/mol. The van der Waals surface area contributed by atoms with Crippen LogP contribution in [0.2, 0.25) is 0 Å². The van der Waals surface area contributed by atoms with Crippen molar-refractivity contribution in [3.63, 3.8) is 0 Å². The van der Waals surface area contributed by atoms with Gasteiger partial charge in [0.1, 0.15) is 16.9 Å². The topological polar surface area (TPSA) is 91.3 Å². The molecule has 0 atom stereocenters. The average molecular weight is 512 g/mol. The molecular formula is C31H30FN3O3. The Morgan fingerprint density at radius 2 is 1.71 bits per heavy atom. The minimum atomic E-state index is -1.13. The molecule has 1 heterocycles. The zero-order valence-corrected chi connectivity index (χ0v) is 21.2. The lowest BCUT2D eigenvalue weighted by Crippen LogP contribution is -2.40. The number of phenolic OH excluding ortho intramolecular Hbond substituents is 1. The molecule has 3 aromatic carbocycles. The molecule has 0 radical (unpaired) electrons. The number of nitrogens with zero attached hydrogens (tertiary/aromatic N) is 1. The zero-order valence-electron chi connectivity index (χ0n) is 21.2. The number of benzene rings is 3. The minimum Gasteiger partial charge on any atom is -0.506 e.